The normalized spacial score (nSPS) is 19.4. The van der Waals surface area contributed by atoms with Crippen LogP contribution in [0.2, 0.25) is 0 Å². The van der Waals surface area contributed by atoms with E-state index in [1.165, 1.54) is 11.8 Å². The summed E-state index contributed by atoms with van der Waals surface area (Å²) in [6, 6.07) is 0. The quantitative estimate of drug-likeness (QED) is 0.726. The van der Waals surface area contributed by atoms with Gasteiger partial charge in [0.2, 0.25) is 0 Å². The molecular weight excluding hydrogens is 330 g/mol. The van der Waals surface area contributed by atoms with Crippen molar-refractivity contribution in [3.8, 4) is 0 Å². The molecule has 1 N–H and O–H groups in total. The number of nitrogens with zero attached hydrogens (tertiary/aromatic N) is 4. The zero-order valence-electron chi connectivity index (χ0n) is 14.0. The number of esters is 1. The first-order valence-corrected chi connectivity index (χ1v) is 8.98. The number of hydrogen-bond donors (Lipinski definition) is 1. The zero-order chi connectivity index (χ0) is 17.4. The second-order valence-electron chi connectivity index (χ2n) is 5.45. The largest absolute Gasteiger partial charge is 0.466 e. The number of carbonyl (C=O) groups is 2. The number of hydrogen-bond acceptors (Lipinski definition) is 8. The minimum absolute atomic E-state index is 0.113. The molecule has 0 radical (unpaired) electrons. The highest BCUT2D eigenvalue weighted by Gasteiger charge is 2.21. The van der Waals surface area contributed by atoms with E-state index in [0.29, 0.717) is 31.8 Å². The van der Waals surface area contributed by atoms with E-state index in [2.05, 4.69) is 20.8 Å². The van der Waals surface area contributed by atoms with Gasteiger partial charge in [-0.2, -0.15) is 0 Å². The first kappa shape index (κ1) is 18.6. The van der Waals surface area contributed by atoms with Gasteiger partial charge >= 0.3 is 5.97 Å². The molecule has 9 heteroatoms. The van der Waals surface area contributed by atoms with Crippen molar-refractivity contribution in [3.05, 3.63) is 11.4 Å². The molecule has 0 amide bonds. The lowest BCUT2D eigenvalue weighted by molar-refractivity contribution is -0.143. The Bertz CT molecular complexity index is 602. The molecule has 0 aliphatic carbocycles. The van der Waals surface area contributed by atoms with Crippen LogP contribution in [-0.2, 0) is 20.9 Å². The molecule has 1 saturated heterocycles. The van der Waals surface area contributed by atoms with Crippen LogP contribution in [0.3, 0.4) is 0 Å². The number of thioether (sulfide) groups is 1. The maximum Gasteiger partial charge on any atom is 0.305 e. The summed E-state index contributed by atoms with van der Waals surface area (Å²) in [6.45, 7) is 5.93. The third kappa shape index (κ3) is 5.72. The fourth-order valence-electron chi connectivity index (χ4n) is 2.49. The van der Waals surface area contributed by atoms with Gasteiger partial charge in [-0.15, -0.1) is 5.10 Å². The minimum atomic E-state index is -0.208. The van der Waals surface area contributed by atoms with Crippen molar-refractivity contribution in [2.24, 2.45) is 0 Å². The van der Waals surface area contributed by atoms with Gasteiger partial charge in [-0.25, -0.2) is 4.68 Å². The molecule has 0 bridgehead atoms. The molecule has 1 fully saturated rings. The fourth-order valence-corrected chi connectivity index (χ4v) is 3.43. The zero-order valence-corrected chi connectivity index (χ0v) is 14.8. The average molecular weight is 353 g/mol. The lowest BCUT2D eigenvalue weighted by Gasteiger charge is -2.24. The highest BCUT2D eigenvalue weighted by Crippen LogP contribution is 2.26. The lowest BCUT2D eigenvalue weighted by Crippen LogP contribution is -2.32. The minimum Gasteiger partial charge on any atom is -0.466 e. The van der Waals surface area contributed by atoms with Crippen LogP contribution < -0.4 is 5.32 Å². The van der Waals surface area contributed by atoms with Gasteiger partial charge in [0.15, 0.2) is 10.9 Å². The Hall–Kier alpha value is -1.74. The Kier molecular flexibility index (Phi) is 7.38. The van der Waals surface area contributed by atoms with E-state index >= 15 is 0 Å². The number of nitrogens with one attached hydrogen (secondary N) is 1. The highest BCUT2D eigenvalue weighted by atomic mass is 32.2. The van der Waals surface area contributed by atoms with E-state index in [1.807, 2.05) is 6.08 Å². The van der Waals surface area contributed by atoms with Crippen molar-refractivity contribution in [3.63, 3.8) is 0 Å². The van der Waals surface area contributed by atoms with Crippen LogP contribution in [-0.4, -0.2) is 56.2 Å². The van der Waals surface area contributed by atoms with Gasteiger partial charge in [0.1, 0.15) is 0 Å². The Morgan fingerprint density at radius 1 is 1.50 bits per heavy atom. The molecule has 132 valence electrons. The molecule has 2 rings (SSSR count). The molecular formula is C15H23N5O3S. The van der Waals surface area contributed by atoms with Gasteiger partial charge in [-0.1, -0.05) is 11.8 Å². The number of ether oxygens (including phenoxy) is 1. The van der Waals surface area contributed by atoms with Gasteiger partial charge in [0.25, 0.3) is 0 Å². The van der Waals surface area contributed by atoms with E-state index in [9.17, 15) is 9.59 Å². The summed E-state index contributed by atoms with van der Waals surface area (Å²) in [5.41, 5.74) is 1.11. The predicted octanol–water partition coefficient (Wildman–Crippen LogP) is 1.04. The second-order valence-corrected chi connectivity index (χ2v) is 6.83. The maximum absolute atomic E-state index is 11.4. The summed E-state index contributed by atoms with van der Waals surface area (Å²) < 4.78 is 6.59. The second kappa shape index (κ2) is 9.53. The van der Waals surface area contributed by atoms with Gasteiger partial charge in [0, 0.05) is 31.7 Å². The van der Waals surface area contributed by atoms with Crippen LogP contribution in [0.5, 0.6) is 0 Å². The Morgan fingerprint density at radius 2 is 2.33 bits per heavy atom. The Balaban J connectivity index is 1.99. The van der Waals surface area contributed by atoms with Crippen LogP contribution >= 0.6 is 11.8 Å². The molecule has 0 aromatic carbocycles. The van der Waals surface area contributed by atoms with Crippen molar-refractivity contribution < 1.29 is 14.3 Å². The van der Waals surface area contributed by atoms with E-state index in [0.717, 1.165) is 25.1 Å². The summed E-state index contributed by atoms with van der Waals surface area (Å²) in [7, 11) is 0. The highest BCUT2D eigenvalue weighted by molar-refractivity contribution is 8.14. The standard InChI is InChI=1S/C15H23N5O3S/c1-3-23-15(22)5-4-8-20-14(17-18-19-20)9-12-10-16-7-6-13(12)24-11(2)21/h9,13,16H,3-8,10H2,1-2H3/b12-9+. The summed E-state index contributed by atoms with van der Waals surface area (Å²) in [5.74, 6) is 0.437. The number of piperidine rings is 1. The number of carbonyl (C=O) groups excluding carboxylic acids is 2. The van der Waals surface area contributed by atoms with Gasteiger partial charge in [-0.3, -0.25) is 9.59 Å². The molecule has 1 aliphatic heterocycles. The summed E-state index contributed by atoms with van der Waals surface area (Å²) >= 11 is 1.35. The Morgan fingerprint density at radius 3 is 3.08 bits per heavy atom. The van der Waals surface area contributed by atoms with E-state index in [1.54, 1.807) is 18.5 Å². The molecule has 1 unspecified atom stereocenters. The maximum atomic E-state index is 11.4. The number of rotatable bonds is 7. The summed E-state index contributed by atoms with van der Waals surface area (Å²) in [4.78, 5) is 22.8. The van der Waals surface area contributed by atoms with Crippen molar-refractivity contribution in [2.75, 3.05) is 19.7 Å². The van der Waals surface area contributed by atoms with Gasteiger partial charge < -0.3 is 10.1 Å². The topological polar surface area (TPSA) is 99.0 Å². The summed E-state index contributed by atoms with van der Waals surface area (Å²) in [5, 5.41) is 15.3. The van der Waals surface area contributed by atoms with Gasteiger partial charge in [0.05, 0.1) is 6.61 Å². The molecule has 0 spiro atoms. The average Bonchev–Trinajstić information content (AvgIpc) is 2.96. The number of aromatic nitrogens is 4. The van der Waals surface area contributed by atoms with Crippen LogP contribution in [0.15, 0.2) is 5.57 Å². The number of tetrazole rings is 1. The van der Waals surface area contributed by atoms with Crippen molar-refractivity contribution in [1.82, 2.24) is 25.5 Å². The molecule has 1 aromatic heterocycles. The molecule has 1 aromatic rings. The van der Waals surface area contributed by atoms with Crippen LogP contribution in [0.1, 0.15) is 38.9 Å². The van der Waals surface area contributed by atoms with E-state index < -0.39 is 0 Å². The number of aryl methyl sites for hydroxylation is 1. The van der Waals surface area contributed by atoms with E-state index in [4.69, 9.17) is 4.74 Å². The lowest BCUT2D eigenvalue weighted by atomic mass is 10.1. The van der Waals surface area contributed by atoms with Crippen LogP contribution in [0, 0.1) is 0 Å². The monoisotopic (exact) mass is 353 g/mol. The molecule has 1 aliphatic rings. The van der Waals surface area contributed by atoms with E-state index in [-0.39, 0.29) is 16.3 Å². The van der Waals surface area contributed by atoms with Crippen LogP contribution in [0.25, 0.3) is 6.08 Å². The third-order valence-electron chi connectivity index (χ3n) is 3.56. The molecule has 8 nitrogen and oxygen atoms in total. The van der Waals surface area contributed by atoms with Crippen molar-refractivity contribution in [2.45, 2.75) is 44.9 Å². The molecule has 0 saturated carbocycles. The smallest absolute Gasteiger partial charge is 0.305 e. The van der Waals surface area contributed by atoms with Crippen molar-refractivity contribution in [1.29, 1.82) is 0 Å². The third-order valence-corrected chi connectivity index (χ3v) is 4.72. The Labute approximate surface area is 145 Å². The summed E-state index contributed by atoms with van der Waals surface area (Å²) in [6.07, 6.45) is 3.80. The molecule has 1 atom stereocenters. The van der Waals surface area contributed by atoms with Crippen molar-refractivity contribution >= 4 is 28.9 Å². The van der Waals surface area contributed by atoms with Gasteiger partial charge in [-0.05, 0) is 48.4 Å². The molecule has 24 heavy (non-hydrogen) atoms. The molecule has 2 heterocycles. The van der Waals surface area contributed by atoms with Crippen LogP contribution in [0.4, 0.5) is 0 Å². The SMILES string of the molecule is CCOC(=O)CCCn1nnnc1/C=C1\CNCCC1SC(C)=O. The predicted molar refractivity (Wildman–Crippen MR) is 91.2 cm³/mol. The fraction of sp³-hybridized carbons (Fsp3) is 0.667. The first-order chi connectivity index (χ1) is 11.6. The first-order valence-electron chi connectivity index (χ1n) is 8.10.